The van der Waals surface area contributed by atoms with E-state index in [-0.39, 0.29) is 11.5 Å². The summed E-state index contributed by atoms with van der Waals surface area (Å²) in [6, 6.07) is 11.0. The van der Waals surface area contributed by atoms with Crippen LogP contribution in [0.15, 0.2) is 41.2 Å². The number of aryl methyl sites for hydroxylation is 2. The summed E-state index contributed by atoms with van der Waals surface area (Å²) >= 11 is 0. The molecule has 0 unspecified atom stereocenters. The number of carbonyl (C=O) groups is 1. The smallest absolute Gasteiger partial charge is 0.259 e. The monoisotopic (exact) mass is 307 g/mol. The molecule has 116 valence electrons. The molecule has 0 radical (unpaired) electrons. The Morgan fingerprint density at radius 3 is 2.57 bits per heavy atom. The van der Waals surface area contributed by atoms with Crippen LogP contribution in [0.25, 0.3) is 22.3 Å². The van der Waals surface area contributed by atoms with E-state index in [1.807, 2.05) is 32.0 Å². The molecule has 1 heterocycles. The summed E-state index contributed by atoms with van der Waals surface area (Å²) in [7, 11) is 0. The highest BCUT2D eigenvalue weighted by atomic mass is 16.1. The Labute approximate surface area is 133 Å². The molecule has 0 fully saturated rings. The second-order valence-electron chi connectivity index (χ2n) is 5.59. The molecule has 0 aliphatic heterocycles. The minimum absolute atomic E-state index is 0.169. The molecule has 0 saturated carbocycles. The summed E-state index contributed by atoms with van der Waals surface area (Å²) in [6.45, 7) is 5.41. The zero-order valence-corrected chi connectivity index (χ0v) is 13.2. The second-order valence-corrected chi connectivity index (χ2v) is 5.59. The van der Waals surface area contributed by atoms with E-state index in [0.29, 0.717) is 28.0 Å². The highest BCUT2D eigenvalue weighted by Gasteiger charge is 2.12. The molecule has 0 bridgehead atoms. The van der Waals surface area contributed by atoms with Crippen molar-refractivity contribution < 1.29 is 4.79 Å². The van der Waals surface area contributed by atoms with Gasteiger partial charge in [-0.25, -0.2) is 4.98 Å². The van der Waals surface area contributed by atoms with Crippen molar-refractivity contribution in [2.45, 2.75) is 20.8 Å². The normalized spacial score (nSPS) is 10.7. The van der Waals surface area contributed by atoms with Crippen molar-refractivity contribution in [2.24, 2.45) is 0 Å². The van der Waals surface area contributed by atoms with Crippen LogP contribution in [0, 0.1) is 13.8 Å². The maximum absolute atomic E-state index is 12.3. The number of aromatic nitrogens is 2. The lowest BCUT2D eigenvalue weighted by atomic mass is 10.0. The molecule has 0 aliphatic rings. The van der Waals surface area contributed by atoms with Crippen LogP contribution in [0.2, 0.25) is 0 Å². The lowest BCUT2D eigenvalue weighted by Crippen LogP contribution is -2.12. The van der Waals surface area contributed by atoms with Gasteiger partial charge >= 0.3 is 0 Å². The van der Waals surface area contributed by atoms with Crippen LogP contribution >= 0.6 is 0 Å². The SMILES string of the molecule is CC(=O)Nc1cc(C)c(C)cc1-c1nc2ccccc2c(=O)[nH]1. The summed E-state index contributed by atoms with van der Waals surface area (Å²) in [4.78, 5) is 31.1. The molecule has 23 heavy (non-hydrogen) atoms. The van der Waals surface area contributed by atoms with Crippen molar-refractivity contribution in [3.05, 3.63) is 57.9 Å². The van der Waals surface area contributed by atoms with Crippen molar-refractivity contribution >= 4 is 22.5 Å². The van der Waals surface area contributed by atoms with Crippen LogP contribution in [0.1, 0.15) is 18.1 Å². The number of nitrogens with one attached hydrogen (secondary N) is 2. The van der Waals surface area contributed by atoms with E-state index >= 15 is 0 Å². The van der Waals surface area contributed by atoms with Crippen molar-refractivity contribution in [1.29, 1.82) is 0 Å². The summed E-state index contributed by atoms with van der Waals surface area (Å²) in [5.74, 6) is 0.276. The third-order valence-corrected chi connectivity index (χ3v) is 3.81. The fraction of sp³-hybridized carbons (Fsp3) is 0.167. The van der Waals surface area contributed by atoms with Crippen molar-refractivity contribution in [1.82, 2.24) is 9.97 Å². The Morgan fingerprint density at radius 1 is 1.13 bits per heavy atom. The van der Waals surface area contributed by atoms with Crippen LogP contribution in [-0.2, 0) is 4.79 Å². The van der Waals surface area contributed by atoms with Crippen molar-refractivity contribution in [2.75, 3.05) is 5.32 Å². The van der Waals surface area contributed by atoms with E-state index in [2.05, 4.69) is 15.3 Å². The number of rotatable bonds is 2. The summed E-state index contributed by atoms with van der Waals surface area (Å²) in [5.41, 5.74) is 3.88. The summed E-state index contributed by atoms with van der Waals surface area (Å²) < 4.78 is 0. The molecule has 0 saturated heterocycles. The second kappa shape index (κ2) is 5.68. The third kappa shape index (κ3) is 2.85. The van der Waals surface area contributed by atoms with E-state index < -0.39 is 0 Å². The molecule has 0 atom stereocenters. The summed E-state index contributed by atoms with van der Waals surface area (Å²) in [6.07, 6.45) is 0. The molecule has 1 aromatic heterocycles. The van der Waals surface area contributed by atoms with Gasteiger partial charge in [0, 0.05) is 12.5 Å². The van der Waals surface area contributed by atoms with E-state index in [9.17, 15) is 9.59 Å². The van der Waals surface area contributed by atoms with Gasteiger partial charge in [-0.3, -0.25) is 9.59 Å². The van der Waals surface area contributed by atoms with E-state index in [1.165, 1.54) is 6.92 Å². The molecule has 5 nitrogen and oxygen atoms in total. The predicted octanol–water partition coefficient (Wildman–Crippen LogP) is 3.17. The van der Waals surface area contributed by atoms with Gasteiger partial charge in [0.05, 0.1) is 16.6 Å². The average Bonchev–Trinajstić information content (AvgIpc) is 2.50. The number of anilines is 1. The molecule has 2 N–H and O–H groups in total. The number of benzene rings is 2. The maximum atomic E-state index is 12.3. The Morgan fingerprint density at radius 2 is 1.83 bits per heavy atom. The van der Waals surface area contributed by atoms with Gasteiger partial charge in [-0.05, 0) is 49.2 Å². The molecular formula is C18H17N3O2. The number of aromatic amines is 1. The van der Waals surface area contributed by atoms with E-state index in [4.69, 9.17) is 0 Å². The minimum Gasteiger partial charge on any atom is -0.326 e. The Balaban J connectivity index is 2.27. The maximum Gasteiger partial charge on any atom is 0.259 e. The number of carbonyl (C=O) groups excluding carboxylic acids is 1. The van der Waals surface area contributed by atoms with Gasteiger partial charge in [0.15, 0.2) is 0 Å². The largest absolute Gasteiger partial charge is 0.326 e. The number of hydrogen-bond acceptors (Lipinski definition) is 3. The fourth-order valence-electron chi connectivity index (χ4n) is 2.52. The van der Waals surface area contributed by atoms with Gasteiger partial charge in [0.2, 0.25) is 5.91 Å². The van der Waals surface area contributed by atoms with Gasteiger partial charge in [-0.1, -0.05) is 12.1 Å². The average molecular weight is 307 g/mol. The third-order valence-electron chi connectivity index (χ3n) is 3.81. The van der Waals surface area contributed by atoms with Crippen LogP contribution < -0.4 is 10.9 Å². The summed E-state index contributed by atoms with van der Waals surface area (Å²) in [5, 5.41) is 3.35. The lowest BCUT2D eigenvalue weighted by molar-refractivity contribution is -0.114. The van der Waals surface area contributed by atoms with Gasteiger partial charge in [-0.15, -0.1) is 0 Å². The molecule has 2 aromatic carbocycles. The lowest BCUT2D eigenvalue weighted by Gasteiger charge is -2.13. The van der Waals surface area contributed by atoms with Gasteiger partial charge in [0.1, 0.15) is 5.82 Å². The van der Waals surface area contributed by atoms with Crippen molar-refractivity contribution in [3.8, 4) is 11.4 Å². The number of amides is 1. The quantitative estimate of drug-likeness (QED) is 0.763. The minimum atomic E-state index is -0.197. The molecule has 0 spiro atoms. The molecule has 5 heteroatoms. The molecule has 3 rings (SSSR count). The van der Waals surface area contributed by atoms with Gasteiger partial charge in [0.25, 0.3) is 5.56 Å². The van der Waals surface area contributed by atoms with Crippen molar-refractivity contribution in [3.63, 3.8) is 0 Å². The first-order valence-corrected chi connectivity index (χ1v) is 7.34. The highest BCUT2D eigenvalue weighted by Crippen LogP contribution is 2.29. The number of hydrogen-bond donors (Lipinski definition) is 2. The Bertz CT molecular complexity index is 974. The predicted molar refractivity (Wildman–Crippen MR) is 91.6 cm³/mol. The van der Waals surface area contributed by atoms with Crippen LogP contribution in [0.3, 0.4) is 0 Å². The first-order chi connectivity index (χ1) is 11.0. The molecule has 3 aromatic rings. The van der Waals surface area contributed by atoms with Gasteiger partial charge < -0.3 is 10.3 Å². The molecule has 0 aliphatic carbocycles. The highest BCUT2D eigenvalue weighted by molar-refractivity contribution is 5.94. The van der Waals surface area contributed by atoms with Crippen LogP contribution in [-0.4, -0.2) is 15.9 Å². The number of H-pyrrole nitrogens is 1. The first-order valence-electron chi connectivity index (χ1n) is 7.34. The zero-order chi connectivity index (χ0) is 16.6. The number of fused-ring (bicyclic) bond motifs is 1. The molecular weight excluding hydrogens is 290 g/mol. The topological polar surface area (TPSA) is 74.8 Å². The fourth-order valence-corrected chi connectivity index (χ4v) is 2.52. The first kappa shape index (κ1) is 15.0. The van der Waals surface area contributed by atoms with Crippen LogP contribution in [0.4, 0.5) is 5.69 Å². The van der Waals surface area contributed by atoms with Crippen LogP contribution in [0.5, 0.6) is 0 Å². The molecule has 1 amide bonds. The van der Waals surface area contributed by atoms with E-state index in [1.54, 1.807) is 18.2 Å². The van der Waals surface area contributed by atoms with E-state index in [0.717, 1.165) is 11.1 Å². The van der Waals surface area contributed by atoms with Gasteiger partial charge in [-0.2, -0.15) is 0 Å². The zero-order valence-electron chi connectivity index (χ0n) is 13.2. The Hall–Kier alpha value is -2.95. The standard InChI is InChI=1S/C18H17N3O2/c1-10-8-14(16(9-11(10)2)19-12(3)22)17-20-15-7-5-4-6-13(15)18(23)21-17/h4-9H,1-3H3,(H,19,22)(H,20,21,23). The number of nitrogens with zero attached hydrogens (tertiary/aromatic N) is 1. The Kier molecular flexibility index (Phi) is 3.70. The number of para-hydroxylation sites is 1.